The van der Waals surface area contributed by atoms with Crippen LogP contribution in [0.15, 0.2) is 102 Å². The van der Waals surface area contributed by atoms with Crippen LogP contribution in [0.25, 0.3) is 17.0 Å². The molecule has 5 rings (SSSR count). The summed E-state index contributed by atoms with van der Waals surface area (Å²) < 4.78 is 13.8. The Balaban J connectivity index is 1.59. The van der Waals surface area contributed by atoms with Crippen molar-refractivity contribution >= 4 is 46.2 Å². The molecule has 4 aromatic rings. The van der Waals surface area contributed by atoms with Crippen molar-refractivity contribution < 1.29 is 19.1 Å². The fraction of sp³-hybridized carbons (Fsp3) is 0.250. The van der Waals surface area contributed by atoms with Crippen molar-refractivity contribution in [2.24, 2.45) is 0 Å². The Morgan fingerprint density at radius 2 is 1.68 bits per heavy atom. The normalized spacial score (nSPS) is 15.5. The lowest BCUT2D eigenvalue weighted by Crippen LogP contribution is -2.51. The van der Waals surface area contributed by atoms with Gasteiger partial charge in [0.1, 0.15) is 11.8 Å². The van der Waals surface area contributed by atoms with Crippen molar-refractivity contribution in [3.8, 4) is 5.75 Å². The average Bonchev–Trinajstić information content (AvgIpc) is 3.33. The Morgan fingerprint density at radius 1 is 1.00 bits per heavy atom. The number of esters is 1. The maximum absolute atomic E-state index is 14.4. The Morgan fingerprint density at radius 3 is 2.41 bits per heavy atom. The van der Waals surface area contributed by atoms with E-state index in [1.807, 2.05) is 74.5 Å². The first-order chi connectivity index (χ1) is 21.2. The zero-order chi connectivity index (χ0) is 31.4. The molecule has 1 unspecified atom stereocenters. The van der Waals surface area contributed by atoms with Gasteiger partial charge < -0.3 is 19.4 Å². The standard InChI is InChI=1S/C36H37N3O4S/c1-6-42-35(41)32-25(5)37-36(44)39(33(32)29-17-11-13-19-31(29)43-23(2)3)34(40)24(4)20-27-22-38(21-26-14-8-7-9-15-26)30-18-12-10-16-28(27)30/h7-20,22-23,33H,6,21H2,1-5H3,(H,37,44)/b24-20+. The lowest BCUT2D eigenvalue weighted by atomic mass is 9.92. The highest BCUT2D eigenvalue weighted by Crippen LogP contribution is 2.40. The fourth-order valence-electron chi connectivity index (χ4n) is 5.57. The highest BCUT2D eigenvalue weighted by Gasteiger charge is 2.41. The number of rotatable bonds is 9. The van der Waals surface area contributed by atoms with Crippen LogP contribution in [0.2, 0.25) is 0 Å². The van der Waals surface area contributed by atoms with Gasteiger partial charge in [-0.2, -0.15) is 0 Å². The van der Waals surface area contributed by atoms with Crippen LogP contribution in [0.1, 0.15) is 57.4 Å². The molecule has 2 heterocycles. The van der Waals surface area contributed by atoms with Crippen LogP contribution in [0.4, 0.5) is 0 Å². The predicted molar refractivity (Wildman–Crippen MR) is 178 cm³/mol. The molecule has 0 saturated heterocycles. The van der Waals surface area contributed by atoms with E-state index in [2.05, 4.69) is 40.3 Å². The molecule has 0 aliphatic carbocycles. The first kappa shape index (κ1) is 30.8. The number of carbonyl (C=O) groups is 2. The fourth-order valence-corrected chi connectivity index (χ4v) is 5.91. The largest absolute Gasteiger partial charge is 0.491 e. The Labute approximate surface area is 263 Å². The van der Waals surface area contributed by atoms with E-state index in [1.165, 1.54) is 10.5 Å². The quantitative estimate of drug-likeness (QED) is 0.124. The van der Waals surface area contributed by atoms with Crippen molar-refractivity contribution in [1.82, 2.24) is 14.8 Å². The number of aromatic nitrogens is 1. The number of carbonyl (C=O) groups excluding carboxylic acids is 2. The lowest BCUT2D eigenvalue weighted by molar-refractivity contribution is -0.139. The topological polar surface area (TPSA) is 72.8 Å². The number of fused-ring (bicyclic) bond motifs is 1. The van der Waals surface area contributed by atoms with Crippen LogP contribution < -0.4 is 10.1 Å². The van der Waals surface area contributed by atoms with Gasteiger partial charge in [-0.3, -0.25) is 9.69 Å². The lowest BCUT2D eigenvalue weighted by Gasteiger charge is -2.39. The minimum absolute atomic E-state index is 0.125. The first-order valence-electron chi connectivity index (χ1n) is 14.8. The number of ether oxygens (including phenoxy) is 2. The summed E-state index contributed by atoms with van der Waals surface area (Å²) in [6.45, 7) is 10.0. The predicted octanol–water partition coefficient (Wildman–Crippen LogP) is 7.18. The van der Waals surface area contributed by atoms with Crippen LogP contribution in [-0.2, 0) is 20.9 Å². The molecule has 1 amide bonds. The van der Waals surface area contributed by atoms with Crippen LogP contribution in [-0.4, -0.2) is 39.2 Å². The van der Waals surface area contributed by atoms with E-state index in [0.29, 0.717) is 34.7 Å². The molecular formula is C36H37N3O4S. The second-order valence-corrected chi connectivity index (χ2v) is 11.4. The van der Waals surface area contributed by atoms with Gasteiger partial charge in [-0.25, -0.2) is 4.79 Å². The Hall–Kier alpha value is -4.69. The Bertz CT molecular complexity index is 1770. The Kier molecular flexibility index (Phi) is 9.30. The van der Waals surface area contributed by atoms with Crippen molar-refractivity contribution in [3.63, 3.8) is 0 Å². The van der Waals surface area contributed by atoms with Gasteiger partial charge in [0, 0.05) is 46.0 Å². The van der Waals surface area contributed by atoms with E-state index in [0.717, 1.165) is 16.5 Å². The highest BCUT2D eigenvalue weighted by molar-refractivity contribution is 7.80. The molecule has 0 bridgehead atoms. The number of allylic oxidation sites excluding steroid dienone is 1. The average molecular weight is 608 g/mol. The number of nitrogens with zero attached hydrogens (tertiary/aromatic N) is 2. The minimum Gasteiger partial charge on any atom is -0.491 e. The van der Waals surface area contributed by atoms with E-state index in [-0.39, 0.29) is 23.7 Å². The number of hydrogen-bond donors (Lipinski definition) is 1. The monoisotopic (exact) mass is 607 g/mol. The third-order valence-corrected chi connectivity index (χ3v) is 7.76. The molecule has 0 radical (unpaired) electrons. The van der Waals surface area contributed by atoms with Crippen molar-refractivity contribution in [3.05, 3.63) is 119 Å². The molecule has 0 fully saturated rings. The molecule has 226 valence electrons. The molecule has 7 nitrogen and oxygen atoms in total. The number of benzene rings is 3. The zero-order valence-corrected chi connectivity index (χ0v) is 26.5. The van der Waals surface area contributed by atoms with Crippen molar-refractivity contribution in [2.45, 2.75) is 53.3 Å². The number of nitrogens with one attached hydrogen (secondary N) is 1. The second-order valence-electron chi connectivity index (χ2n) is 11.0. The summed E-state index contributed by atoms with van der Waals surface area (Å²) in [6, 6.07) is 25.0. The van der Waals surface area contributed by atoms with E-state index in [4.69, 9.17) is 21.7 Å². The van der Waals surface area contributed by atoms with Gasteiger partial charge >= 0.3 is 5.97 Å². The van der Waals surface area contributed by atoms with Crippen LogP contribution in [0, 0.1) is 0 Å². The van der Waals surface area contributed by atoms with Gasteiger partial charge in [-0.05, 0) is 70.6 Å². The number of hydrogen-bond acceptors (Lipinski definition) is 5. The summed E-state index contributed by atoms with van der Waals surface area (Å²) in [7, 11) is 0. The van der Waals surface area contributed by atoms with E-state index in [9.17, 15) is 9.59 Å². The summed E-state index contributed by atoms with van der Waals surface area (Å²) in [6.07, 6.45) is 3.83. The molecule has 1 N–H and O–H groups in total. The molecule has 8 heteroatoms. The van der Waals surface area contributed by atoms with Crippen LogP contribution in [0.3, 0.4) is 0 Å². The molecule has 0 saturated carbocycles. The second kappa shape index (κ2) is 13.3. The van der Waals surface area contributed by atoms with Gasteiger partial charge in [0.2, 0.25) is 0 Å². The van der Waals surface area contributed by atoms with E-state index < -0.39 is 12.0 Å². The smallest absolute Gasteiger partial charge is 0.338 e. The zero-order valence-electron chi connectivity index (χ0n) is 25.7. The molecule has 3 aromatic carbocycles. The molecule has 1 aromatic heterocycles. The highest BCUT2D eigenvalue weighted by atomic mass is 32.1. The molecular weight excluding hydrogens is 570 g/mol. The maximum atomic E-state index is 14.4. The summed E-state index contributed by atoms with van der Waals surface area (Å²) >= 11 is 5.77. The summed E-state index contributed by atoms with van der Waals surface area (Å²) in [5, 5.41) is 4.31. The summed E-state index contributed by atoms with van der Waals surface area (Å²) in [5.41, 5.74) is 5.11. The van der Waals surface area contributed by atoms with Gasteiger partial charge in [-0.1, -0.05) is 66.7 Å². The number of thiocarbonyl (C=S) groups is 1. The van der Waals surface area contributed by atoms with Crippen molar-refractivity contribution in [1.29, 1.82) is 0 Å². The molecule has 1 aliphatic heterocycles. The number of amides is 1. The SMILES string of the molecule is CCOC(=O)C1=C(C)NC(=S)N(C(=O)/C(C)=C/c2cn(Cc3ccccc3)c3ccccc23)C1c1ccccc1OC(C)C. The minimum atomic E-state index is -0.854. The summed E-state index contributed by atoms with van der Waals surface area (Å²) in [5.74, 6) is -0.288. The maximum Gasteiger partial charge on any atom is 0.338 e. The van der Waals surface area contributed by atoms with Gasteiger partial charge in [0.25, 0.3) is 5.91 Å². The van der Waals surface area contributed by atoms with Crippen LogP contribution in [0.5, 0.6) is 5.75 Å². The third kappa shape index (κ3) is 6.31. The molecule has 44 heavy (non-hydrogen) atoms. The first-order valence-corrected chi connectivity index (χ1v) is 15.2. The van der Waals surface area contributed by atoms with E-state index >= 15 is 0 Å². The van der Waals surface area contributed by atoms with Gasteiger partial charge in [-0.15, -0.1) is 0 Å². The molecule has 1 atom stereocenters. The van der Waals surface area contributed by atoms with Gasteiger partial charge in [0.15, 0.2) is 5.11 Å². The van der Waals surface area contributed by atoms with Gasteiger partial charge in [0.05, 0.1) is 18.3 Å². The van der Waals surface area contributed by atoms with E-state index in [1.54, 1.807) is 20.8 Å². The van der Waals surface area contributed by atoms with Crippen LogP contribution >= 0.6 is 12.2 Å². The third-order valence-electron chi connectivity index (χ3n) is 7.46. The number of para-hydroxylation sites is 2. The molecule has 1 aliphatic rings. The van der Waals surface area contributed by atoms with Crippen molar-refractivity contribution in [2.75, 3.05) is 6.61 Å². The molecule has 0 spiro atoms. The summed E-state index contributed by atoms with van der Waals surface area (Å²) in [4.78, 5) is 29.3.